The third-order valence-corrected chi connectivity index (χ3v) is 2.42. The largest absolute Gasteiger partial charge is 0.375 e. The number of nitrogens with zero attached hydrogens (tertiary/aromatic N) is 2. The molecule has 5 heteroatoms. The Bertz CT molecular complexity index is 335. The third kappa shape index (κ3) is 1.63. The zero-order valence-corrected chi connectivity index (χ0v) is 8.12. The van der Waals surface area contributed by atoms with Crippen molar-refractivity contribution in [2.24, 2.45) is 0 Å². The van der Waals surface area contributed by atoms with E-state index in [4.69, 9.17) is 4.74 Å². The molecule has 0 spiro atoms. The highest BCUT2D eigenvalue weighted by Gasteiger charge is 2.21. The van der Waals surface area contributed by atoms with E-state index >= 15 is 0 Å². The predicted octanol–water partition coefficient (Wildman–Crippen LogP) is -0.0592. The number of aromatic nitrogens is 2. The monoisotopic (exact) mass is 195 g/mol. The highest BCUT2D eigenvalue weighted by Crippen LogP contribution is 2.15. The quantitative estimate of drug-likeness (QED) is 0.719. The number of hydrogen-bond acceptors (Lipinski definition) is 3. The summed E-state index contributed by atoms with van der Waals surface area (Å²) in [6.45, 7) is 1.55. The number of aromatic amines is 1. The number of carbonyl (C=O) groups excluding carboxylic acids is 1. The van der Waals surface area contributed by atoms with Crippen LogP contribution in [0.2, 0.25) is 0 Å². The lowest BCUT2D eigenvalue weighted by Gasteiger charge is -2.26. The van der Waals surface area contributed by atoms with Gasteiger partial charge in [0.25, 0.3) is 0 Å². The molecule has 1 aromatic heterocycles. The first-order valence-electron chi connectivity index (χ1n) is 4.59. The van der Waals surface area contributed by atoms with Crippen LogP contribution >= 0.6 is 0 Å². The molecular weight excluding hydrogens is 182 g/mol. The summed E-state index contributed by atoms with van der Waals surface area (Å²) in [5, 5.41) is 6.88. The summed E-state index contributed by atoms with van der Waals surface area (Å²) in [5.41, 5.74) is 2.26. The molecule has 2 rings (SSSR count). The fraction of sp³-hybridized carbons (Fsp3) is 0.556. The molecule has 0 bridgehead atoms. The van der Waals surface area contributed by atoms with Gasteiger partial charge >= 0.3 is 0 Å². The number of carbonyl (C=O) groups is 1. The van der Waals surface area contributed by atoms with Gasteiger partial charge in [-0.2, -0.15) is 5.10 Å². The van der Waals surface area contributed by atoms with Crippen LogP contribution in [0, 0.1) is 0 Å². The van der Waals surface area contributed by atoms with Gasteiger partial charge < -0.3 is 9.64 Å². The molecule has 0 saturated heterocycles. The Kier molecular flexibility index (Phi) is 2.49. The van der Waals surface area contributed by atoms with Gasteiger partial charge in [-0.25, -0.2) is 0 Å². The lowest BCUT2D eigenvalue weighted by molar-refractivity contribution is -0.136. The second-order valence-electron chi connectivity index (χ2n) is 3.37. The maximum atomic E-state index is 11.5. The molecule has 1 aromatic rings. The van der Waals surface area contributed by atoms with Crippen LogP contribution in [0.25, 0.3) is 0 Å². The fourth-order valence-corrected chi connectivity index (χ4v) is 1.65. The lowest BCUT2D eigenvalue weighted by atomic mass is 10.1. The van der Waals surface area contributed by atoms with Crippen LogP contribution in [0.4, 0.5) is 0 Å². The van der Waals surface area contributed by atoms with Crippen molar-refractivity contribution in [1.82, 2.24) is 15.1 Å². The first-order valence-corrected chi connectivity index (χ1v) is 4.59. The second kappa shape index (κ2) is 3.79. The molecule has 0 atom stereocenters. The summed E-state index contributed by atoms with van der Waals surface area (Å²) in [4.78, 5) is 13.3. The molecule has 0 saturated carbocycles. The summed E-state index contributed by atoms with van der Waals surface area (Å²) in [5.74, 6) is 0.0411. The summed E-state index contributed by atoms with van der Waals surface area (Å²) < 4.78 is 4.81. The van der Waals surface area contributed by atoms with Crippen molar-refractivity contribution in [3.8, 4) is 0 Å². The fourth-order valence-electron chi connectivity index (χ4n) is 1.65. The number of hydrogen-bond donors (Lipinski definition) is 1. The topological polar surface area (TPSA) is 58.2 Å². The normalized spacial score (nSPS) is 15.4. The SMILES string of the molecule is COCC(=O)N1CCc2[nH]ncc2C1. The highest BCUT2D eigenvalue weighted by molar-refractivity contribution is 5.77. The summed E-state index contributed by atoms with van der Waals surface area (Å²) in [7, 11) is 1.53. The molecule has 0 aliphatic carbocycles. The van der Waals surface area contributed by atoms with Gasteiger partial charge in [-0.05, 0) is 0 Å². The van der Waals surface area contributed by atoms with Crippen molar-refractivity contribution in [3.05, 3.63) is 17.5 Å². The molecule has 0 aromatic carbocycles. The van der Waals surface area contributed by atoms with E-state index in [2.05, 4.69) is 10.2 Å². The van der Waals surface area contributed by atoms with E-state index in [1.165, 1.54) is 7.11 Å². The van der Waals surface area contributed by atoms with E-state index in [0.717, 1.165) is 24.2 Å². The summed E-state index contributed by atoms with van der Waals surface area (Å²) in [6.07, 6.45) is 2.63. The van der Waals surface area contributed by atoms with Crippen LogP contribution in [-0.2, 0) is 22.5 Å². The molecule has 2 heterocycles. The van der Waals surface area contributed by atoms with Crippen LogP contribution in [0.5, 0.6) is 0 Å². The predicted molar refractivity (Wildman–Crippen MR) is 49.6 cm³/mol. The zero-order chi connectivity index (χ0) is 9.97. The molecule has 5 nitrogen and oxygen atoms in total. The molecule has 1 N–H and O–H groups in total. The van der Waals surface area contributed by atoms with Crippen molar-refractivity contribution in [2.75, 3.05) is 20.3 Å². The Morgan fingerprint density at radius 3 is 3.43 bits per heavy atom. The van der Waals surface area contributed by atoms with E-state index in [-0.39, 0.29) is 12.5 Å². The summed E-state index contributed by atoms with van der Waals surface area (Å²) >= 11 is 0. The minimum absolute atomic E-state index is 0.0411. The minimum atomic E-state index is 0.0411. The lowest BCUT2D eigenvalue weighted by Crippen LogP contribution is -2.37. The van der Waals surface area contributed by atoms with Crippen molar-refractivity contribution in [1.29, 1.82) is 0 Å². The Balaban J connectivity index is 2.04. The van der Waals surface area contributed by atoms with Gasteiger partial charge in [0.1, 0.15) is 6.61 Å². The number of amides is 1. The average Bonchev–Trinajstić information content (AvgIpc) is 2.64. The van der Waals surface area contributed by atoms with E-state index in [1.54, 1.807) is 11.1 Å². The van der Waals surface area contributed by atoms with Crippen molar-refractivity contribution in [2.45, 2.75) is 13.0 Å². The molecular formula is C9H13N3O2. The van der Waals surface area contributed by atoms with Crippen LogP contribution in [0.15, 0.2) is 6.20 Å². The Morgan fingerprint density at radius 2 is 2.64 bits per heavy atom. The molecule has 0 fully saturated rings. The second-order valence-corrected chi connectivity index (χ2v) is 3.37. The van der Waals surface area contributed by atoms with Gasteiger partial charge in [-0.3, -0.25) is 9.89 Å². The van der Waals surface area contributed by atoms with E-state index < -0.39 is 0 Å². The number of H-pyrrole nitrogens is 1. The first kappa shape index (κ1) is 9.21. The number of rotatable bonds is 2. The van der Waals surface area contributed by atoms with Crippen molar-refractivity contribution < 1.29 is 9.53 Å². The third-order valence-electron chi connectivity index (χ3n) is 2.42. The number of fused-ring (bicyclic) bond motifs is 1. The molecule has 1 aliphatic rings. The Hall–Kier alpha value is -1.36. The first-order chi connectivity index (χ1) is 6.81. The smallest absolute Gasteiger partial charge is 0.248 e. The van der Waals surface area contributed by atoms with E-state index in [0.29, 0.717) is 6.54 Å². The van der Waals surface area contributed by atoms with Crippen LogP contribution < -0.4 is 0 Å². The van der Waals surface area contributed by atoms with Gasteiger partial charge in [-0.1, -0.05) is 0 Å². The van der Waals surface area contributed by atoms with Crippen molar-refractivity contribution >= 4 is 5.91 Å². The van der Waals surface area contributed by atoms with E-state index in [1.807, 2.05) is 0 Å². The molecule has 76 valence electrons. The number of nitrogens with one attached hydrogen (secondary N) is 1. The molecule has 1 aliphatic heterocycles. The maximum absolute atomic E-state index is 11.5. The maximum Gasteiger partial charge on any atom is 0.248 e. The Labute approximate surface area is 82.0 Å². The van der Waals surface area contributed by atoms with Gasteiger partial charge in [0.05, 0.1) is 6.20 Å². The molecule has 0 radical (unpaired) electrons. The van der Waals surface area contributed by atoms with Gasteiger partial charge in [-0.15, -0.1) is 0 Å². The highest BCUT2D eigenvalue weighted by atomic mass is 16.5. The van der Waals surface area contributed by atoms with Gasteiger partial charge in [0, 0.05) is 37.9 Å². The number of methoxy groups -OCH3 is 1. The van der Waals surface area contributed by atoms with Crippen molar-refractivity contribution in [3.63, 3.8) is 0 Å². The summed E-state index contributed by atoms with van der Waals surface area (Å²) in [6, 6.07) is 0. The molecule has 0 unspecified atom stereocenters. The van der Waals surface area contributed by atoms with Crippen LogP contribution in [-0.4, -0.2) is 41.3 Å². The number of ether oxygens (including phenoxy) is 1. The average molecular weight is 195 g/mol. The van der Waals surface area contributed by atoms with Crippen LogP contribution in [0.1, 0.15) is 11.3 Å². The Morgan fingerprint density at radius 1 is 1.79 bits per heavy atom. The standard InChI is InChI=1S/C9H13N3O2/c1-14-6-9(13)12-3-2-8-7(5-12)4-10-11-8/h4H,2-3,5-6H2,1H3,(H,10,11). The van der Waals surface area contributed by atoms with Gasteiger partial charge in [0.2, 0.25) is 5.91 Å². The van der Waals surface area contributed by atoms with Crippen LogP contribution in [0.3, 0.4) is 0 Å². The zero-order valence-electron chi connectivity index (χ0n) is 8.12. The van der Waals surface area contributed by atoms with Gasteiger partial charge in [0.15, 0.2) is 0 Å². The minimum Gasteiger partial charge on any atom is -0.375 e. The molecule has 1 amide bonds. The van der Waals surface area contributed by atoms with E-state index in [9.17, 15) is 4.79 Å². The molecule has 14 heavy (non-hydrogen) atoms.